The van der Waals surface area contributed by atoms with E-state index >= 15 is 0 Å². The van der Waals surface area contributed by atoms with E-state index in [0.29, 0.717) is 18.5 Å². The molecular weight excluding hydrogens is 232 g/mol. The molecule has 5 heteroatoms. The van der Waals surface area contributed by atoms with Gasteiger partial charge in [-0.25, -0.2) is 0 Å². The number of aliphatic hydroxyl groups is 1. The number of carbonyl (C=O) groups is 2. The van der Waals surface area contributed by atoms with Crippen LogP contribution in [0.1, 0.15) is 23.2 Å². The molecule has 0 atom stereocenters. The van der Waals surface area contributed by atoms with Crippen molar-refractivity contribution in [1.82, 2.24) is 4.90 Å². The van der Waals surface area contributed by atoms with E-state index in [1.165, 1.54) is 0 Å². The van der Waals surface area contributed by atoms with Crippen molar-refractivity contribution in [3.8, 4) is 0 Å². The maximum Gasteiger partial charge on any atom is 0.260 e. The minimum atomic E-state index is -0.383. The van der Waals surface area contributed by atoms with Crippen molar-refractivity contribution in [1.29, 1.82) is 0 Å². The smallest absolute Gasteiger partial charge is 0.260 e. The first kappa shape index (κ1) is 14.3. The lowest BCUT2D eigenvalue weighted by molar-refractivity contribution is -0.129. The van der Waals surface area contributed by atoms with Gasteiger partial charge in [0.05, 0.1) is 13.2 Å². The zero-order valence-electron chi connectivity index (χ0n) is 10.2. The van der Waals surface area contributed by atoms with Crippen LogP contribution < -0.4 is 5.73 Å². The Bertz CT molecular complexity index is 392. The largest absolute Gasteiger partial charge is 0.395 e. The van der Waals surface area contributed by atoms with Gasteiger partial charge in [-0.15, -0.1) is 0 Å². The Morgan fingerprint density at radius 1 is 1.22 bits per heavy atom. The first-order valence-corrected chi connectivity index (χ1v) is 5.91. The summed E-state index contributed by atoms with van der Waals surface area (Å²) in [6, 6.07) is 8.54. The van der Waals surface area contributed by atoms with Gasteiger partial charge in [0.2, 0.25) is 5.91 Å². The van der Waals surface area contributed by atoms with E-state index in [1.54, 1.807) is 30.3 Å². The zero-order valence-corrected chi connectivity index (χ0v) is 10.2. The van der Waals surface area contributed by atoms with E-state index in [-0.39, 0.29) is 31.4 Å². The van der Waals surface area contributed by atoms with Crippen molar-refractivity contribution in [3.05, 3.63) is 35.9 Å². The second-order valence-electron chi connectivity index (χ2n) is 3.83. The summed E-state index contributed by atoms with van der Waals surface area (Å²) in [4.78, 5) is 25.0. The quantitative estimate of drug-likeness (QED) is 0.765. The van der Waals surface area contributed by atoms with Gasteiger partial charge >= 0.3 is 0 Å². The van der Waals surface area contributed by atoms with E-state index < -0.39 is 0 Å². The fourth-order valence-corrected chi connectivity index (χ4v) is 1.56. The van der Waals surface area contributed by atoms with Crippen LogP contribution in [0.4, 0.5) is 0 Å². The molecule has 0 saturated carbocycles. The summed E-state index contributed by atoms with van der Waals surface area (Å²) in [5.41, 5.74) is 5.77. The molecule has 1 aromatic rings. The first-order valence-electron chi connectivity index (χ1n) is 5.91. The molecule has 0 saturated heterocycles. The summed E-state index contributed by atoms with van der Waals surface area (Å²) in [5.74, 6) is -0.685. The van der Waals surface area contributed by atoms with Crippen LogP contribution in [-0.2, 0) is 4.79 Å². The molecule has 0 radical (unpaired) electrons. The van der Waals surface area contributed by atoms with Gasteiger partial charge in [-0.05, 0) is 25.1 Å². The number of aliphatic hydroxyl groups excluding tert-OH is 1. The highest BCUT2D eigenvalue weighted by Crippen LogP contribution is 2.07. The van der Waals surface area contributed by atoms with E-state index in [0.717, 1.165) is 4.90 Å². The fourth-order valence-electron chi connectivity index (χ4n) is 1.56. The van der Waals surface area contributed by atoms with Crippen molar-refractivity contribution in [2.75, 3.05) is 19.7 Å². The minimum Gasteiger partial charge on any atom is -0.395 e. The van der Waals surface area contributed by atoms with Gasteiger partial charge in [0, 0.05) is 12.0 Å². The second-order valence-corrected chi connectivity index (χ2v) is 3.83. The van der Waals surface area contributed by atoms with Crippen molar-refractivity contribution in [3.63, 3.8) is 0 Å². The molecule has 1 rings (SSSR count). The van der Waals surface area contributed by atoms with Crippen LogP contribution in [0.5, 0.6) is 0 Å². The number of nitrogens with two attached hydrogens (primary N) is 1. The number of hydrogen-bond acceptors (Lipinski definition) is 4. The van der Waals surface area contributed by atoms with Crippen LogP contribution in [0.2, 0.25) is 0 Å². The Labute approximate surface area is 106 Å². The highest BCUT2D eigenvalue weighted by molar-refractivity contribution is 6.04. The summed E-state index contributed by atoms with van der Waals surface area (Å²) in [6.07, 6.45) is 0.748. The summed E-state index contributed by atoms with van der Waals surface area (Å²) in [5, 5.41) is 8.94. The summed E-state index contributed by atoms with van der Waals surface area (Å²) < 4.78 is 0. The molecule has 18 heavy (non-hydrogen) atoms. The van der Waals surface area contributed by atoms with Gasteiger partial charge in [-0.1, -0.05) is 18.2 Å². The van der Waals surface area contributed by atoms with E-state index in [9.17, 15) is 9.59 Å². The van der Waals surface area contributed by atoms with Crippen molar-refractivity contribution in [2.24, 2.45) is 5.73 Å². The monoisotopic (exact) mass is 250 g/mol. The second kappa shape index (κ2) is 7.58. The van der Waals surface area contributed by atoms with Crippen molar-refractivity contribution >= 4 is 11.8 Å². The van der Waals surface area contributed by atoms with Crippen molar-refractivity contribution < 1.29 is 14.7 Å². The number of amides is 2. The average molecular weight is 250 g/mol. The third kappa shape index (κ3) is 3.94. The van der Waals surface area contributed by atoms with Crippen LogP contribution in [0, 0.1) is 0 Å². The van der Waals surface area contributed by atoms with Crippen LogP contribution in [0.3, 0.4) is 0 Å². The number of nitrogens with zero attached hydrogens (tertiary/aromatic N) is 1. The summed E-state index contributed by atoms with van der Waals surface area (Å²) >= 11 is 0. The molecule has 0 aliphatic rings. The standard InChI is InChI=1S/C13H18N2O3/c14-8-4-7-12(17)15(9-10-16)13(18)11-5-2-1-3-6-11/h1-3,5-6,16H,4,7-10,14H2. The predicted molar refractivity (Wildman–Crippen MR) is 67.9 cm³/mol. The number of rotatable bonds is 6. The topological polar surface area (TPSA) is 83.6 Å². The first-order chi connectivity index (χ1) is 8.70. The molecular formula is C13H18N2O3. The van der Waals surface area contributed by atoms with E-state index in [4.69, 9.17) is 10.8 Å². The molecule has 98 valence electrons. The molecule has 5 nitrogen and oxygen atoms in total. The molecule has 2 amide bonds. The van der Waals surface area contributed by atoms with Crippen molar-refractivity contribution in [2.45, 2.75) is 12.8 Å². The van der Waals surface area contributed by atoms with Crippen LogP contribution in [0.25, 0.3) is 0 Å². The number of imide groups is 1. The molecule has 0 heterocycles. The molecule has 3 N–H and O–H groups in total. The van der Waals surface area contributed by atoms with Gasteiger partial charge in [0.25, 0.3) is 5.91 Å². The lowest BCUT2D eigenvalue weighted by atomic mass is 10.2. The molecule has 0 aromatic heterocycles. The normalized spacial score (nSPS) is 10.1. The third-order valence-corrected chi connectivity index (χ3v) is 2.49. The van der Waals surface area contributed by atoms with Gasteiger partial charge in [0.1, 0.15) is 0 Å². The Morgan fingerprint density at radius 3 is 2.44 bits per heavy atom. The maximum absolute atomic E-state index is 12.1. The predicted octanol–water partition coefficient (Wildman–Crippen LogP) is 0.387. The molecule has 0 spiro atoms. The van der Waals surface area contributed by atoms with Crippen LogP contribution in [0.15, 0.2) is 30.3 Å². The maximum atomic E-state index is 12.1. The SMILES string of the molecule is NCCCC(=O)N(CCO)C(=O)c1ccccc1. The van der Waals surface area contributed by atoms with Gasteiger partial charge in [0.15, 0.2) is 0 Å². The summed E-state index contributed by atoms with van der Waals surface area (Å²) in [6.45, 7) is 0.169. The molecule has 0 unspecified atom stereocenters. The molecule has 0 fully saturated rings. The highest BCUT2D eigenvalue weighted by Gasteiger charge is 2.21. The lowest BCUT2D eigenvalue weighted by Crippen LogP contribution is -2.39. The highest BCUT2D eigenvalue weighted by atomic mass is 16.3. The van der Waals surface area contributed by atoms with Gasteiger partial charge < -0.3 is 10.8 Å². The van der Waals surface area contributed by atoms with Crippen LogP contribution >= 0.6 is 0 Å². The Balaban J connectivity index is 2.78. The number of carbonyl (C=O) groups excluding carboxylic acids is 2. The Hall–Kier alpha value is -1.72. The van der Waals surface area contributed by atoms with E-state index in [2.05, 4.69) is 0 Å². The fraction of sp³-hybridized carbons (Fsp3) is 0.385. The number of hydrogen-bond donors (Lipinski definition) is 2. The molecule has 1 aromatic carbocycles. The third-order valence-electron chi connectivity index (χ3n) is 2.49. The molecule has 0 aliphatic heterocycles. The Kier molecular flexibility index (Phi) is 6.04. The molecule has 0 bridgehead atoms. The zero-order chi connectivity index (χ0) is 13.4. The minimum absolute atomic E-state index is 0.0110. The Morgan fingerprint density at radius 2 is 1.89 bits per heavy atom. The van der Waals surface area contributed by atoms with E-state index in [1.807, 2.05) is 0 Å². The van der Waals surface area contributed by atoms with Gasteiger partial charge in [-0.2, -0.15) is 0 Å². The number of benzene rings is 1. The van der Waals surface area contributed by atoms with Gasteiger partial charge in [-0.3, -0.25) is 14.5 Å². The molecule has 0 aliphatic carbocycles. The summed E-state index contributed by atoms with van der Waals surface area (Å²) in [7, 11) is 0. The lowest BCUT2D eigenvalue weighted by Gasteiger charge is -2.19. The average Bonchev–Trinajstić information content (AvgIpc) is 2.42. The van der Waals surface area contributed by atoms with Crippen LogP contribution in [-0.4, -0.2) is 41.5 Å².